The maximum absolute atomic E-state index is 12.7. The predicted molar refractivity (Wildman–Crippen MR) is 103 cm³/mol. The lowest BCUT2D eigenvalue weighted by molar-refractivity contribution is -0.118. The molecule has 2 heterocycles. The van der Waals surface area contributed by atoms with Crippen LogP contribution in [0.2, 0.25) is 5.02 Å². The molecule has 3 rings (SSSR count). The van der Waals surface area contributed by atoms with Crippen molar-refractivity contribution in [2.45, 2.75) is 33.2 Å². The zero-order chi connectivity index (χ0) is 18.1. The number of amides is 1. The minimum atomic E-state index is -0.687. The van der Waals surface area contributed by atoms with E-state index in [2.05, 4.69) is 10.3 Å². The largest absolute Gasteiger partial charge is 0.324 e. The summed E-state index contributed by atoms with van der Waals surface area (Å²) >= 11 is 7.59. The molecule has 130 valence electrons. The molecule has 0 aliphatic rings. The summed E-state index contributed by atoms with van der Waals surface area (Å²) < 4.78 is 1.36. The summed E-state index contributed by atoms with van der Waals surface area (Å²) in [5.41, 5.74) is 1.22. The first-order valence-electron chi connectivity index (χ1n) is 7.98. The van der Waals surface area contributed by atoms with E-state index in [1.165, 1.54) is 22.2 Å². The lowest BCUT2D eigenvalue weighted by Crippen LogP contribution is -2.31. The van der Waals surface area contributed by atoms with Gasteiger partial charge in [0.05, 0.1) is 11.7 Å². The summed E-state index contributed by atoms with van der Waals surface area (Å²) in [5.74, 6) is -0.292. The van der Waals surface area contributed by atoms with Crippen LogP contribution in [0.5, 0.6) is 0 Å². The van der Waals surface area contributed by atoms with Crippen LogP contribution in [0.15, 0.2) is 35.4 Å². The number of aromatic nitrogens is 2. The SMILES string of the molecule is CCc1cc2c(=O)n(C(C)C(=O)Nc3cccc(Cl)c3C)cnc2s1. The van der Waals surface area contributed by atoms with Crippen LogP contribution < -0.4 is 10.9 Å². The zero-order valence-electron chi connectivity index (χ0n) is 14.2. The lowest BCUT2D eigenvalue weighted by Gasteiger charge is -2.16. The van der Waals surface area contributed by atoms with Crippen LogP contribution in [0.1, 0.15) is 30.3 Å². The van der Waals surface area contributed by atoms with E-state index in [1.54, 1.807) is 25.1 Å². The Kier molecular flexibility index (Phi) is 4.92. The van der Waals surface area contributed by atoms with Crippen molar-refractivity contribution >= 4 is 44.7 Å². The number of thiophene rings is 1. The van der Waals surface area contributed by atoms with Gasteiger partial charge in [0, 0.05) is 15.6 Å². The summed E-state index contributed by atoms with van der Waals surface area (Å²) in [4.78, 5) is 31.4. The van der Waals surface area contributed by atoms with Crippen molar-refractivity contribution < 1.29 is 4.79 Å². The number of fused-ring (bicyclic) bond motifs is 1. The van der Waals surface area contributed by atoms with Gasteiger partial charge in [-0.1, -0.05) is 24.6 Å². The first-order valence-corrected chi connectivity index (χ1v) is 9.17. The fourth-order valence-electron chi connectivity index (χ4n) is 2.54. The fourth-order valence-corrected chi connectivity index (χ4v) is 3.64. The Bertz CT molecular complexity index is 1010. The van der Waals surface area contributed by atoms with Gasteiger partial charge in [0.1, 0.15) is 10.9 Å². The molecule has 7 heteroatoms. The smallest absolute Gasteiger partial charge is 0.262 e. The Morgan fingerprint density at radius 2 is 2.20 bits per heavy atom. The quantitative estimate of drug-likeness (QED) is 0.743. The lowest BCUT2D eigenvalue weighted by atomic mass is 10.2. The number of hydrogen-bond acceptors (Lipinski definition) is 4. The molecular formula is C18H18ClN3O2S. The summed E-state index contributed by atoms with van der Waals surface area (Å²) in [7, 11) is 0. The van der Waals surface area contributed by atoms with Crippen molar-refractivity contribution in [1.82, 2.24) is 9.55 Å². The second-order valence-electron chi connectivity index (χ2n) is 5.82. The number of benzene rings is 1. The topological polar surface area (TPSA) is 64.0 Å². The van der Waals surface area contributed by atoms with Gasteiger partial charge in [-0.3, -0.25) is 14.2 Å². The first kappa shape index (κ1) is 17.6. The molecule has 2 aromatic heterocycles. The molecular weight excluding hydrogens is 358 g/mol. The molecule has 0 fully saturated rings. The second-order valence-corrected chi connectivity index (χ2v) is 7.34. The normalized spacial score (nSPS) is 12.3. The van der Waals surface area contributed by atoms with Crippen LogP contribution in [-0.4, -0.2) is 15.5 Å². The van der Waals surface area contributed by atoms with Crippen LogP contribution in [-0.2, 0) is 11.2 Å². The molecule has 25 heavy (non-hydrogen) atoms. The van der Waals surface area contributed by atoms with E-state index in [4.69, 9.17) is 11.6 Å². The van der Waals surface area contributed by atoms with Gasteiger partial charge in [-0.15, -0.1) is 11.3 Å². The minimum absolute atomic E-state index is 0.202. The van der Waals surface area contributed by atoms with E-state index in [0.717, 1.165) is 16.9 Å². The monoisotopic (exact) mass is 375 g/mol. The molecule has 0 spiro atoms. The van der Waals surface area contributed by atoms with E-state index in [0.29, 0.717) is 20.9 Å². The van der Waals surface area contributed by atoms with E-state index in [9.17, 15) is 9.59 Å². The number of nitrogens with zero attached hydrogens (tertiary/aromatic N) is 2. The molecule has 0 radical (unpaired) electrons. The highest BCUT2D eigenvalue weighted by molar-refractivity contribution is 7.18. The average Bonchev–Trinajstić information content (AvgIpc) is 3.03. The Morgan fingerprint density at radius 3 is 2.92 bits per heavy atom. The zero-order valence-corrected chi connectivity index (χ0v) is 15.7. The molecule has 0 saturated heterocycles. The van der Waals surface area contributed by atoms with E-state index < -0.39 is 6.04 Å². The van der Waals surface area contributed by atoms with Gasteiger partial charge in [0.2, 0.25) is 5.91 Å². The molecule has 3 aromatic rings. The molecule has 1 atom stereocenters. The summed E-state index contributed by atoms with van der Waals surface area (Å²) in [6.45, 7) is 5.55. The van der Waals surface area contributed by atoms with Crippen LogP contribution in [0.4, 0.5) is 5.69 Å². The Morgan fingerprint density at radius 1 is 1.44 bits per heavy atom. The average molecular weight is 376 g/mol. The maximum Gasteiger partial charge on any atom is 0.262 e. The fraction of sp³-hybridized carbons (Fsp3) is 0.278. The number of rotatable bonds is 4. The second kappa shape index (κ2) is 6.98. The number of hydrogen-bond donors (Lipinski definition) is 1. The van der Waals surface area contributed by atoms with Gasteiger partial charge in [-0.25, -0.2) is 4.98 Å². The van der Waals surface area contributed by atoms with Crippen molar-refractivity contribution in [1.29, 1.82) is 0 Å². The molecule has 0 aliphatic carbocycles. The van der Waals surface area contributed by atoms with Gasteiger partial charge >= 0.3 is 0 Å². The highest BCUT2D eigenvalue weighted by Crippen LogP contribution is 2.24. The van der Waals surface area contributed by atoms with Gasteiger partial charge in [0.15, 0.2) is 0 Å². The van der Waals surface area contributed by atoms with E-state index >= 15 is 0 Å². The molecule has 0 aliphatic heterocycles. The molecule has 1 unspecified atom stereocenters. The molecule has 1 aromatic carbocycles. The third-order valence-corrected chi connectivity index (χ3v) is 5.80. The highest BCUT2D eigenvalue weighted by atomic mass is 35.5. The molecule has 5 nitrogen and oxygen atoms in total. The predicted octanol–water partition coefficient (Wildman–Crippen LogP) is 4.18. The molecule has 1 N–H and O–H groups in total. The molecule has 1 amide bonds. The number of anilines is 1. The number of carbonyl (C=O) groups is 1. The number of carbonyl (C=O) groups excluding carboxylic acids is 1. The Balaban J connectivity index is 1.92. The van der Waals surface area contributed by atoms with Gasteiger partial charge in [-0.05, 0) is 44.0 Å². The Labute approximate surface area is 154 Å². The van der Waals surface area contributed by atoms with E-state index in [1.807, 2.05) is 19.9 Å². The molecule has 0 saturated carbocycles. The van der Waals surface area contributed by atoms with Crippen molar-refractivity contribution in [3.8, 4) is 0 Å². The first-order chi connectivity index (χ1) is 11.9. The summed E-state index contributed by atoms with van der Waals surface area (Å²) in [6.07, 6.45) is 2.29. The van der Waals surface area contributed by atoms with Crippen LogP contribution in [0, 0.1) is 6.92 Å². The van der Waals surface area contributed by atoms with Crippen LogP contribution in [0.25, 0.3) is 10.2 Å². The van der Waals surface area contributed by atoms with Crippen molar-refractivity contribution in [3.05, 3.63) is 56.4 Å². The van der Waals surface area contributed by atoms with Gasteiger partial charge in [-0.2, -0.15) is 0 Å². The van der Waals surface area contributed by atoms with Crippen molar-refractivity contribution in [2.24, 2.45) is 0 Å². The maximum atomic E-state index is 12.7. The van der Waals surface area contributed by atoms with Gasteiger partial charge in [0.25, 0.3) is 5.56 Å². The van der Waals surface area contributed by atoms with E-state index in [-0.39, 0.29) is 11.5 Å². The summed E-state index contributed by atoms with van der Waals surface area (Å²) in [5, 5.41) is 3.97. The third-order valence-electron chi connectivity index (χ3n) is 4.20. The van der Waals surface area contributed by atoms with Crippen molar-refractivity contribution in [3.63, 3.8) is 0 Å². The number of halogens is 1. The van der Waals surface area contributed by atoms with Crippen LogP contribution >= 0.6 is 22.9 Å². The van der Waals surface area contributed by atoms with Crippen LogP contribution in [0.3, 0.4) is 0 Å². The minimum Gasteiger partial charge on any atom is -0.324 e. The van der Waals surface area contributed by atoms with Gasteiger partial charge < -0.3 is 5.32 Å². The standard InChI is InChI=1S/C18H18ClN3O2S/c1-4-12-8-13-17(25-12)20-9-22(18(13)24)11(3)16(23)21-15-7-5-6-14(19)10(15)2/h5-9,11H,4H2,1-3H3,(H,21,23). The Hall–Kier alpha value is -2.18. The third kappa shape index (κ3) is 3.32. The number of nitrogens with one attached hydrogen (secondary N) is 1. The molecule has 0 bridgehead atoms. The summed E-state index contributed by atoms with van der Waals surface area (Å²) in [6, 6.07) is 6.49. The number of aryl methyl sites for hydroxylation is 1. The highest BCUT2D eigenvalue weighted by Gasteiger charge is 2.19. The van der Waals surface area contributed by atoms with Crippen molar-refractivity contribution in [2.75, 3.05) is 5.32 Å².